The lowest BCUT2D eigenvalue weighted by atomic mass is 10.1. The Morgan fingerprint density at radius 2 is 1.76 bits per heavy atom. The van der Waals surface area contributed by atoms with Crippen LogP contribution in [-0.4, -0.2) is 37.5 Å². The Kier molecular flexibility index (Phi) is 3.89. The van der Waals surface area contributed by atoms with Crippen molar-refractivity contribution in [2.75, 3.05) is 26.2 Å². The maximum absolute atomic E-state index is 5.72. The van der Waals surface area contributed by atoms with E-state index in [2.05, 4.69) is 27.0 Å². The van der Waals surface area contributed by atoms with Gasteiger partial charge < -0.3 is 14.2 Å². The molecular weight excluding hydrogens is 318 g/mol. The van der Waals surface area contributed by atoms with Crippen LogP contribution >= 0.6 is 0 Å². The van der Waals surface area contributed by atoms with Crippen LogP contribution in [0, 0.1) is 0 Å². The summed E-state index contributed by atoms with van der Waals surface area (Å²) in [6, 6.07) is 12.1. The highest BCUT2D eigenvalue weighted by Crippen LogP contribution is 2.42. The van der Waals surface area contributed by atoms with Crippen molar-refractivity contribution < 1.29 is 14.2 Å². The molecule has 0 N–H and O–H groups in total. The summed E-state index contributed by atoms with van der Waals surface area (Å²) in [5.74, 6) is 2.08. The minimum atomic E-state index is -0.108. The third-order valence-corrected chi connectivity index (χ3v) is 4.55. The first-order chi connectivity index (χ1) is 12.3. The summed E-state index contributed by atoms with van der Waals surface area (Å²) in [6.45, 7) is 0. The van der Waals surface area contributed by atoms with Crippen LogP contribution in [-0.2, 0) is 11.2 Å². The predicted octanol–water partition coefficient (Wildman–Crippen LogP) is 3.31. The summed E-state index contributed by atoms with van der Waals surface area (Å²) in [5.41, 5.74) is 3.13. The van der Waals surface area contributed by atoms with E-state index in [1.165, 1.54) is 5.56 Å². The highest BCUT2D eigenvalue weighted by molar-refractivity contribution is 5.94. The molecule has 6 heteroatoms. The second-order valence-corrected chi connectivity index (χ2v) is 5.81. The molecule has 4 rings (SSSR count). The number of nitrogens with zero attached hydrogens (tertiary/aromatic N) is 3. The van der Waals surface area contributed by atoms with Crippen LogP contribution in [0.15, 0.2) is 42.7 Å². The molecule has 2 heterocycles. The molecule has 25 heavy (non-hydrogen) atoms. The predicted molar refractivity (Wildman–Crippen MR) is 95.7 cm³/mol. The van der Waals surface area contributed by atoms with Crippen molar-refractivity contribution in [1.82, 2.24) is 9.97 Å². The van der Waals surface area contributed by atoms with Gasteiger partial charge in [-0.15, -0.1) is 0 Å². The first-order valence-electron chi connectivity index (χ1n) is 8.03. The van der Waals surface area contributed by atoms with Crippen molar-refractivity contribution in [3.05, 3.63) is 48.3 Å². The number of aromatic nitrogens is 2. The topological polar surface area (TPSA) is 56.7 Å². The van der Waals surface area contributed by atoms with E-state index < -0.39 is 0 Å². The van der Waals surface area contributed by atoms with E-state index in [9.17, 15) is 0 Å². The average Bonchev–Trinajstić information content (AvgIpc) is 3.04. The molecule has 0 saturated carbocycles. The third kappa shape index (κ3) is 2.46. The molecule has 0 radical (unpaired) electrons. The largest absolute Gasteiger partial charge is 0.493 e. The molecule has 128 valence electrons. The number of hydrogen-bond acceptors (Lipinski definition) is 6. The maximum Gasteiger partial charge on any atom is 0.162 e. The van der Waals surface area contributed by atoms with Crippen molar-refractivity contribution in [2.24, 2.45) is 0 Å². The van der Waals surface area contributed by atoms with Crippen molar-refractivity contribution in [3.63, 3.8) is 0 Å². The van der Waals surface area contributed by atoms with Gasteiger partial charge in [0.05, 0.1) is 19.7 Å². The van der Waals surface area contributed by atoms with Gasteiger partial charge in [-0.05, 0) is 17.7 Å². The smallest absolute Gasteiger partial charge is 0.162 e. The summed E-state index contributed by atoms with van der Waals surface area (Å²) >= 11 is 0. The summed E-state index contributed by atoms with van der Waals surface area (Å²) < 4.78 is 16.6. The Bertz CT molecular complexity index is 929. The zero-order chi connectivity index (χ0) is 17.4. The van der Waals surface area contributed by atoms with Gasteiger partial charge in [-0.1, -0.05) is 18.2 Å². The van der Waals surface area contributed by atoms with Gasteiger partial charge in [0.15, 0.2) is 11.5 Å². The Hall–Kier alpha value is -2.86. The Labute approximate surface area is 146 Å². The van der Waals surface area contributed by atoms with E-state index in [1.54, 1.807) is 27.7 Å². The van der Waals surface area contributed by atoms with Crippen molar-refractivity contribution in [3.8, 4) is 11.5 Å². The average molecular weight is 337 g/mol. The summed E-state index contributed by atoms with van der Waals surface area (Å²) in [5, 5.41) is 0.888. The third-order valence-electron chi connectivity index (χ3n) is 4.55. The van der Waals surface area contributed by atoms with Gasteiger partial charge in [0, 0.05) is 30.7 Å². The summed E-state index contributed by atoms with van der Waals surface area (Å²) in [7, 11) is 4.95. The summed E-state index contributed by atoms with van der Waals surface area (Å²) in [4.78, 5) is 11.1. The van der Waals surface area contributed by atoms with E-state index in [-0.39, 0.29) is 6.23 Å². The SMILES string of the molecule is COc1cc2ncnc(N3c4ccccc4CC3OC)c2cc1OC. The van der Waals surface area contributed by atoms with Crippen molar-refractivity contribution in [1.29, 1.82) is 0 Å². The molecule has 1 aliphatic heterocycles. The minimum Gasteiger partial charge on any atom is -0.493 e. The van der Waals surface area contributed by atoms with Gasteiger partial charge >= 0.3 is 0 Å². The van der Waals surface area contributed by atoms with E-state index in [4.69, 9.17) is 14.2 Å². The molecule has 1 aliphatic rings. The Morgan fingerprint density at radius 3 is 2.52 bits per heavy atom. The fourth-order valence-electron chi connectivity index (χ4n) is 3.35. The highest BCUT2D eigenvalue weighted by atomic mass is 16.5. The first kappa shape index (κ1) is 15.7. The minimum absolute atomic E-state index is 0.108. The van der Waals surface area contributed by atoms with Crippen LogP contribution in [0.1, 0.15) is 5.56 Å². The van der Waals surface area contributed by atoms with E-state index in [0.717, 1.165) is 28.8 Å². The number of para-hydroxylation sites is 1. The standard InChI is InChI=1S/C19H19N3O3/c1-23-16-9-13-14(10-17(16)24-2)20-11-21-19(13)22-15-7-5-4-6-12(15)8-18(22)25-3/h4-7,9-11,18H,8H2,1-3H3. The molecule has 0 saturated heterocycles. The number of rotatable bonds is 4. The fraction of sp³-hybridized carbons (Fsp3) is 0.263. The number of benzene rings is 2. The number of fused-ring (bicyclic) bond motifs is 2. The molecule has 1 unspecified atom stereocenters. The van der Waals surface area contributed by atoms with Crippen LogP contribution in [0.3, 0.4) is 0 Å². The fourth-order valence-corrected chi connectivity index (χ4v) is 3.35. The van der Waals surface area contributed by atoms with Crippen LogP contribution in [0.25, 0.3) is 10.9 Å². The number of hydrogen-bond donors (Lipinski definition) is 0. The molecule has 0 fully saturated rings. The number of anilines is 2. The normalized spacial score (nSPS) is 16.1. The van der Waals surface area contributed by atoms with Gasteiger partial charge in [-0.3, -0.25) is 4.90 Å². The van der Waals surface area contributed by atoms with Crippen molar-refractivity contribution >= 4 is 22.4 Å². The van der Waals surface area contributed by atoms with Gasteiger partial charge in [0.2, 0.25) is 0 Å². The molecular formula is C19H19N3O3. The molecule has 1 aromatic heterocycles. The summed E-state index contributed by atoms with van der Waals surface area (Å²) in [6.07, 6.45) is 2.27. The molecule has 3 aromatic rings. The molecule has 0 bridgehead atoms. The quantitative estimate of drug-likeness (QED) is 0.728. The zero-order valence-corrected chi connectivity index (χ0v) is 14.4. The highest BCUT2D eigenvalue weighted by Gasteiger charge is 2.32. The van der Waals surface area contributed by atoms with Gasteiger partial charge in [-0.25, -0.2) is 9.97 Å². The second kappa shape index (κ2) is 6.22. The molecule has 2 aromatic carbocycles. The monoisotopic (exact) mass is 337 g/mol. The van der Waals surface area contributed by atoms with Gasteiger partial charge in [0.25, 0.3) is 0 Å². The van der Waals surface area contributed by atoms with E-state index >= 15 is 0 Å². The van der Waals surface area contributed by atoms with Crippen molar-refractivity contribution in [2.45, 2.75) is 12.6 Å². The zero-order valence-electron chi connectivity index (χ0n) is 14.4. The lowest BCUT2D eigenvalue weighted by molar-refractivity contribution is 0.115. The van der Waals surface area contributed by atoms with E-state index in [1.807, 2.05) is 24.3 Å². The number of ether oxygens (including phenoxy) is 3. The van der Waals surface area contributed by atoms with Crippen LogP contribution in [0.2, 0.25) is 0 Å². The molecule has 1 atom stereocenters. The lowest BCUT2D eigenvalue weighted by Crippen LogP contribution is -2.29. The first-order valence-corrected chi connectivity index (χ1v) is 8.03. The van der Waals surface area contributed by atoms with Crippen LogP contribution in [0.5, 0.6) is 11.5 Å². The molecule has 6 nitrogen and oxygen atoms in total. The van der Waals surface area contributed by atoms with Gasteiger partial charge in [0.1, 0.15) is 18.4 Å². The Balaban J connectivity index is 1.94. The lowest BCUT2D eigenvalue weighted by Gasteiger charge is -2.26. The maximum atomic E-state index is 5.72. The van der Waals surface area contributed by atoms with Gasteiger partial charge in [-0.2, -0.15) is 0 Å². The second-order valence-electron chi connectivity index (χ2n) is 5.81. The molecule has 0 aliphatic carbocycles. The molecule has 0 spiro atoms. The van der Waals surface area contributed by atoms with Crippen LogP contribution < -0.4 is 14.4 Å². The van der Waals surface area contributed by atoms with E-state index in [0.29, 0.717) is 11.5 Å². The number of methoxy groups -OCH3 is 3. The Morgan fingerprint density at radius 1 is 1.00 bits per heavy atom. The van der Waals surface area contributed by atoms with Crippen LogP contribution in [0.4, 0.5) is 11.5 Å². The molecule has 0 amide bonds.